The van der Waals surface area contributed by atoms with E-state index in [2.05, 4.69) is 34.9 Å². The molecule has 0 atom stereocenters. The number of rotatable bonds is 8. The first-order valence-electron chi connectivity index (χ1n) is 9.25. The highest BCUT2D eigenvalue weighted by atomic mass is 28.3. The molecular formula is C21H27N3O3Si. The lowest BCUT2D eigenvalue weighted by molar-refractivity contribution is -0.115. The zero-order chi connectivity index (χ0) is 20.6. The van der Waals surface area contributed by atoms with E-state index in [-0.39, 0.29) is 12.3 Å². The first-order chi connectivity index (χ1) is 13.2. The number of nitrogens with zero attached hydrogens (tertiary/aromatic N) is 2. The van der Waals surface area contributed by atoms with Crippen LogP contribution in [0, 0.1) is 6.92 Å². The van der Waals surface area contributed by atoms with Gasteiger partial charge < -0.3 is 10.1 Å². The zero-order valence-corrected chi connectivity index (χ0v) is 17.9. The molecular weight excluding hydrogens is 370 g/mol. The average Bonchev–Trinajstić information content (AvgIpc) is 2.63. The molecule has 0 saturated carbocycles. The molecule has 6 nitrogen and oxygen atoms in total. The largest absolute Gasteiger partial charge is 0.462 e. The van der Waals surface area contributed by atoms with Gasteiger partial charge in [0.05, 0.1) is 12.2 Å². The van der Waals surface area contributed by atoms with E-state index in [9.17, 15) is 9.59 Å². The molecule has 0 spiro atoms. The topological polar surface area (TPSA) is 81.2 Å². The Morgan fingerprint density at radius 1 is 1.11 bits per heavy atom. The summed E-state index contributed by atoms with van der Waals surface area (Å²) in [6, 6.07) is 7.99. The summed E-state index contributed by atoms with van der Waals surface area (Å²) in [5.74, 6) is -0.179. The summed E-state index contributed by atoms with van der Waals surface area (Å²) in [5, 5.41) is 2.70. The van der Waals surface area contributed by atoms with Crippen LogP contribution >= 0.6 is 0 Å². The van der Waals surface area contributed by atoms with Crippen molar-refractivity contribution in [1.82, 2.24) is 9.97 Å². The van der Waals surface area contributed by atoms with E-state index in [4.69, 9.17) is 4.74 Å². The number of hydrogen-bond donors (Lipinski definition) is 1. The van der Waals surface area contributed by atoms with Gasteiger partial charge in [0.2, 0.25) is 5.91 Å². The first-order valence-corrected chi connectivity index (χ1v) is 13.0. The van der Waals surface area contributed by atoms with Gasteiger partial charge in [0.25, 0.3) is 0 Å². The van der Waals surface area contributed by atoms with Crippen molar-refractivity contribution < 1.29 is 14.3 Å². The first kappa shape index (κ1) is 21.5. The number of ether oxygens (including phenoxy) is 1. The lowest BCUT2D eigenvalue weighted by Crippen LogP contribution is -2.22. The zero-order valence-electron chi connectivity index (χ0n) is 16.9. The van der Waals surface area contributed by atoms with Crippen LogP contribution in [-0.2, 0) is 9.53 Å². The smallest absolute Gasteiger partial charge is 0.339 e. The van der Waals surface area contributed by atoms with Gasteiger partial charge in [0.1, 0.15) is 5.82 Å². The normalized spacial score (nSPS) is 11.4. The Kier molecular flexibility index (Phi) is 7.63. The number of carbonyl (C=O) groups is 2. The number of aryl methyl sites for hydroxylation is 1. The van der Waals surface area contributed by atoms with Gasteiger partial charge in [-0.25, -0.2) is 9.78 Å². The van der Waals surface area contributed by atoms with Crippen molar-refractivity contribution in [2.24, 2.45) is 0 Å². The van der Waals surface area contributed by atoms with Gasteiger partial charge in [-0.1, -0.05) is 37.9 Å². The molecule has 2 aromatic rings. The molecule has 2 heterocycles. The van der Waals surface area contributed by atoms with E-state index in [1.54, 1.807) is 24.4 Å². The van der Waals surface area contributed by atoms with Crippen LogP contribution in [0.5, 0.6) is 0 Å². The van der Waals surface area contributed by atoms with Crippen molar-refractivity contribution in [3.63, 3.8) is 0 Å². The number of pyridine rings is 2. The molecule has 0 fully saturated rings. The molecule has 1 amide bonds. The van der Waals surface area contributed by atoms with E-state index in [1.165, 1.54) is 6.20 Å². The molecule has 28 heavy (non-hydrogen) atoms. The van der Waals surface area contributed by atoms with E-state index >= 15 is 0 Å². The number of hydrogen-bond acceptors (Lipinski definition) is 5. The summed E-state index contributed by atoms with van der Waals surface area (Å²) < 4.78 is 5.28. The molecule has 0 aliphatic rings. The van der Waals surface area contributed by atoms with Gasteiger partial charge in [-0.3, -0.25) is 9.78 Å². The highest BCUT2D eigenvalue weighted by molar-refractivity contribution is 6.76. The Morgan fingerprint density at radius 3 is 2.50 bits per heavy atom. The number of amides is 1. The summed E-state index contributed by atoms with van der Waals surface area (Å²) in [6.07, 6.45) is 7.01. The van der Waals surface area contributed by atoms with Crippen LogP contribution in [0.1, 0.15) is 28.0 Å². The van der Waals surface area contributed by atoms with E-state index in [0.29, 0.717) is 18.0 Å². The van der Waals surface area contributed by atoms with Crippen LogP contribution < -0.4 is 5.32 Å². The van der Waals surface area contributed by atoms with Gasteiger partial charge in [-0.2, -0.15) is 0 Å². The number of esters is 1. The quantitative estimate of drug-likeness (QED) is 0.530. The van der Waals surface area contributed by atoms with Crippen molar-refractivity contribution in [3.8, 4) is 0 Å². The highest BCUT2D eigenvalue weighted by Crippen LogP contribution is 2.11. The van der Waals surface area contributed by atoms with Crippen molar-refractivity contribution in [1.29, 1.82) is 0 Å². The Labute approximate surface area is 167 Å². The molecule has 0 saturated heterocycles. The lowest BCUT2D eigenvalue weighted by Gasteiger charge is -2.15. The fraction of sp³-hybridized carbons (Fsp3) is 0.333. The van der Waals surface area contributed by atoms with E-state index < -0.39 is 14.0 Å². The molecule has 0 aliphatic heterocycles. The summed E-state index contributed by atoms with van der Waals surface area (Å²) in [4.78, 5) is 32.3. The Balaban J connectivity index is 1.80. The minimum absolute atomic E-state index is 0.186. The van der Waals surface area contributed by atoms with Crippen molar-refractivity contribution >= 4 is 31.8 Å². The fourth-order valence-corrected chi connectivity index (χ4v) is 2.91. The predicted octanol–water partition coefficient (Wildman–Crippen LogP) is 4.32. The van der Waals surface area contributed by atoms with Crippen molar-refractivity contribution in [2.45, 2.75) is 39.0 Å². The second-order valence-corrected chi connectivity index (χ2v) is 13.4. The van der Waals surface area contributed by atoms with Crippen molar-refractivity contribution in [3.05, 3.63) is 59.6 Å². The molecule has 0 bridgehead atoms. The maximum Gasteiger partial charge on any atom is 0.339 e. The van der Waals surface area contributed by atoms with Crippen LogP contribution in [0.4, 0.5) is 5.82 Å². The third-order valence-electron chi connectivity index (χ3n) is 3.90. The summed E-state index contributed by atoms with van der Waals surface area (Å²) in [6.45, 7) is 9.04. The Hall–Kier alpha value is -2.80. The van der Waals surface area contributed by atoms with Crippen LogP contribution in [0.15, 0.2) is 42.7 Å². The fourth-order valence-electron chi connectivity index (χ4n) is 2.20. The molecule has 2 aromatic heterocycles. The molecule has 2 rings (SSSR count). The minimum atomic E-state index is -1.24. The Morgan fingerprint density at radius 2 is 1.89 bits per heavy atom. The molecule has 148 valence electrons. The minimum Gasteiger partial charge on any atom is -0.462 e. The third-order valence-corrected chi connectivity index (χ3v) is 5.60. The Bertz CT molecular complexity index is 825. The second-order valence-electron chi connectivity index (χ2n) is 7.77. The summed E-state index contributed by atoms with van der Waals surface area (Å²) in [7, 11) is -1.24. The molecule has 1 N–H and O–H groups in total. The molecule has 0 aliphatic carbocycles. The van der Waals surface area contributed by atoms with Crippen LogP contribution in [0.2, 0.25) is 25.7 Å². The van der Waals surface area contributed by atoms with Crippen molar-refractivity contribution in [2.75, 3.05) is 11.9 Å². The maximum absolute atomic E-state index is 12.0. The van der Waals surface area contributed by atoms with Crippen LogP contribution in [-0.4, -0.2) is 36.5 Å². The standard InChI is InChI=1S/C21H27N3O3Si/c1-16-8-9-17(14-22-16)6-5-7-20(25)24-19-11-10-18(15-23-19)21(26)27-12-13-28(2,3)4/h5-6,8-11,14-15H,7,12-13H2,1-4H3,(H,23,24,25)/b6-5+. The molecule has 0 aromatic carbocycles. The second kappa shape index (κ2) is 9.94. The number of aromatic nitrogens is 2. The maximum atomic E-state index is 12.0. The molecule has 7 heteroatoms. The monoisotopic (exact) mass is 397 g/mol. The van der Waals surface area contributed by atoms with Gasteiger partial charge in [-0.05, 0) is 36.7 Å². The average molecular weight is 398 g/mol. The number of carbonyl (C=O) groups excluding carboxylic acids is 2. The number of anilines is 1. The lowest BCUT2D eigenvalue weighted by atomic mass is 10.2. The number of nitrogens with one attached hydrogen (secondary N) is 1. The molecule has 0 radical (unpaired) electrons. The third kappa shape index (κ3) is 7.83. The van der Waals surface area contributed by atoms with Gasteiger partial charge in [-0.15, -0.1) is 0 Å². The van der Waals surface area contributed by atoms with Crippen LogP contribution in [0.25, 0.3) is 6.08 Å². The SMILES string of the molecule is Cc1ccc(/C=C/CC(=O)Nc2ccc(C(=O)OCC[Si](C)(C)C)cn2)cn1. The highest BCUT2D eigenvalue weighted by Gasteiger charge is 2.15. The van der Waals surface area contributed by atoms with Gasteiger partial charge >= 0.3 is 5.97 Å². The van der Waals surface area contributed by atoms with Gasteiger partial charge in [0, 0.05) is 32.6 Å². The van der Waals surface area contributed by atoms with E-state index in [1.807, 2.05) is 25.1 Å². The summed E-state index contributed by atoms with van der Waals surface area (Å²) in [5.41, 5.74) is 2.26. The summed E-state index contributed by atoms with van der Waals surface area (Å²) >= 11 is 0. The molecule has 0 unspecified atom stereocenters. The van der Waals surface area contributed by atoms with Crippen LogP contribution in [0.3, 0.4) is 0 Å². The van der Waals surface area contributed by atoms with Gasteiger partial charge in [0.15, 0.2) is 0 Å². The van der Waals surface area contributed by atoms with E-state index in [0.717, 1.165) is 17.3 Å². The predicted molar refractivity (Wildman–Crippen MR) is 114 cm³/mol.